The Kier molecular flexibility index (Phi) is 5.10. The first-order chi connectivity index (χ1) is 14.8. The number of aliphatic hydroxyl groups excluding tert-OH is 1. The zero-order valence-corrected chi connectivity index (χ0v) is 16.0. The molecule has 1 fully saturated rings. The van der Waals surface area contributed by atoms with Gasteiger partial charge in [-0.1, -0.05) is 66.7 Å². The Morgan fingerprint density at radius 3 is 2.06 bits per heavy atom. The summed E-state index contributed by atoms with van der Waals surface area (Å²) in [6.45, 7) is 0. The van der Waals surface area contributed by atoms with Crippen LogP contribution >= 0.6 is 0 Å². The molecule has 1 atom stereocenters. The van der Waals surface area contributed by atoms with Crippen molar-refractivity contribution in [3.63, 3.8) is 0 Å². The van der Waals surface area contributed by atoms with Gasteiger partial charge in [-0.3, -0.25) is 14.5 Å². The predicted octanol–water partition coefficient (Wildman–Crippen LogP) is 5.33. The summed E-state index contributed by atoms with van der Waals surface area (Å²) in [6.07, 6.45) is -4.62. The molecular weight excluding hydrogens is 407 g/mol. The molecule has 1 aliphatic heterocycles. The van der Waals surface area contributed by atoms with Crippen LogP contribution in [0.25, 0.3) is 5.76 Å². The van der Waals surface area contributed by atoms with Gasteiger partial charge in [0.05, 0.1) is 17.2 Å². The number of rotatable bonds is 3. The van der Waals surface area contributed by atoms with Gasteiger partial charge in [0.1, 0.15) is 5.76 Å². The van der Waals surface area contributed by atoms with Gasteiger partial charge in [-0.15, -0.1) is 0 Å². The van der Waals surface area contributed by atoms with Crippen molar-refractivity contribution in [2.24, 2.45) is 0 Å². The van der Waals surface area contributed by atoms with Crippen LogP contribution in [0, 0.1) is 0 Å². The molecule has 1 amide bonds. The molecular formula is C24H16F3NO3. The minimum atomic E-state index is -4.62. The first kappa shape index (κ1) is 20.4. The van der Waals surface area contributed by atoms with Crippen LogP contribution in [0.1, 0.15) is 22.7 Å². The summed E-state index contributed by atoms with van der Waals surface area (Å²) >= 11 is 0. The van der Waals surface area contributed by atoms with Gasteiger partial charge >= 0.3 is 6.18 Å². The van der Waals surface area contributed by atoms with Crippen LogP contribution in [0.3, 0.4) is 0 Å². The quantitative estimate of drug-likeness (QED) is 0.352. The number of Topliss-reactive ketones (excluding diaryl/α,β-unsaturated/α-hetero) is 1. The second kappa shape index (κ2) is 7.75. The summed E-state index contributed by atoms with van der Waals surface area (Å²) in [5, 5.41) is 10.9. The molecule has 7 heteroatoms. The fourth-order valence-corrected chi connectivity index (χ4v) is 3.63. The van der Waals surface area contributed by atoms with E-state index in [1.165, 1.54) is 12.1 Å². The number of hydrogen-bond acceptors (Lipinski definition) is 3. The third-order valence-corrected chi connectivity index (χ3v) is 5.06. The number of carbonyl (C=O) groups excluding carboxylic acids is 2. The maximum atomic E-state index is 13.3. The summed E-state index contributed by atoms with van der Waals surface area (Å²) in [6, 6.07) is 19.8. The van der Waals surface area contributed by atoms with E-state index in [0.29, 0.717) is 11.1 Å². The summed E-state index contributed by atoms with van der Waals surface area (Å²) in [5.41, 5.74) is -0.401. The van der Waals surface area contributed by atoms with E-state index in [9.17, 15) is 27.9 Å². The van der Waals surface area contributed by atoms with E-state index >= 15 is 0 Å². The number of halogens is 3. The Hall–Kier alpha value is -3.87. The molecule has 1 N–H and O–H groups in total. The van der Waals surface area contributed by atoms with Crippen LogP contribution in [0.5, 0.6) is 0 Å². The topological polar surface area (TPSA) is 57.6 Å². The van der Waals surface area contributed by atoms with Crippen LogP contribution in [-0.4, -0.2) is 16.8 Å². The molecule has 0 bridgehead atoms. The minimum absolute atomic E-state index is 0.0853. The number of hydrogen-bond donors (Lipinski definition) is 1. The minimum Gasteiger partial charge on any atom is -0.507 e. The smallest absolute Gasteiger partial charge is 0.416 e. The molecule has 4 nitrogen and oxygen atoms in total. The van der Waals surface area contributed by atoms with Crippen LogP contribution in [0.4, 0.5) is 18.9 Å². The van der Waals surface area contributed by atoms with Gasteiger partial charge in [-0.2, -0.15) is 13.2 Å². The van der Waals surface area contributed by atoms with E-state index in [0.717, 1.165) is 17.0 Å². The van der Waals surface area contributed by atoms with Crippen LogP contribution in [0.2, 0.25) is 0 Å². The van der Waals surface area contributed by atoms with Crippen molar-refractivity contribution in [2.45, 2.75) is 12.2 Å². The SMILES string of the molecule is O=C1C(=O)N(c2cccc(C(F)(F)F)c2)[C@@H](c2ccccc2)/C1=C(\O)c1ccccc1. The standard InChI is InChI=1S/C24H16F3NO3/c25-24(26,27)17-12-7-13-18(14-17)28-20(15-8-3-1-4-9-15)19(22(30)23(28)31)21(29)16-10-5-2-6-11-16/h1-14,20,29H/b21-19+/t20-/m0/s1. The Morgan fingerprint density at radius 1 is 0.839 bits per heavy atom. The lowest BCUT2D eigenvalue weighted by Crippen LogP contribution is -2.29. The molecule has 0 saturated carbocycles. The van der Waals surface area contributed by atoms with Crippen molar-refractivity contribution in [1.29, 1.82) is 0 Å². The van der Waals surface area contributed by atoms with Gasteiger partial charge in [-0.05, 0) is 23.8 Å². The summed E-state index contributed by atoms with van der Waals surface area (Å²) < 4.78 is 39.8. The van der Waals surface area contributed by atoms with Crippen molar-refractivity contribution in [2.75, 3.05) is 4.90 Å². The average Bonchev–Trinajstić information content (AvgIpc) is 3.04. The molecule has 0 aliphatic carbocycles. The molecule has 0 spiro atoms. The van der Waals surface area contributed by atoms with Gasteiger partial charge in [0.2, 0.25) is 0 Å². The molecule has 156 valence electrons. The van der Waals surface area contributed by atoms with Crippen molar-refractivity contribution >= 4 is 23.1 Å². The Bertz CT molecular complexity index is 1170. The molecule has 1 aliphatic rings. The highest BCUT2D eigenvalue weighted by atomic mass is 19.4. The first-order valence-electron chi connectivity index (χ1n) is 9.37. The van der Waals surface area contributed by atoms with E-state index in [-0.39, 0.29) is 17.0 Å². The zero-order valence-electron chi connectivity index (χ0n) is 16.0. The molecule has 1 heterocycles. The lowest BCUT2D eigenvalue weighted by molar-refractivity contribution is -0.137. The molecule has 0 aromatic heterocycles. The van der Waals surface area contributed by atoms with Gasteiger partial charge in [0, 0.05) is 11.3 Å². The molecule has 0 radical (unpaired) electrons. The van der Waals surface area contributed by atoms with Gasteiger partial charge in [0.15, 0.2) is 0 Å². The highest BCUT2D eigenvalue weighted by molar-refractivity contribution is 6.51. The summed E-state index contributed by atoms with van der Waals surface area (Å²) in [7, 11) is 0. The predicted molar refractivity (Wildman–Crippen MR) is 109 cm³/mol. The molecule has 4 rings (SSSR count). The maximum Gasteiger partial charge on any atom is 0.416 e. The monoisotopic (exact) mass is 423 g/mol. The molecule has 31 heavy (non-hydrogen) atoms. The second-order valence-corrected chi connectivity index (χ2v) is 6.99. The third kappa shape index (κ3) is 3.70. The Balaban J connectivity index is 1.94. The number of anilines is 1. The van der Waals surface area contributed by atoms with E-state index in [1.807, 2.05) is 0 Å². The highest BCUT2D eigenvalue weighted by Crippen LogP contribution is 2.43. The van der Waals surface area contributed by atoms with Crippen molar-refractivity contribution < 1.29 is 27.9 Å². The molecule has 3 aromatic rings. The first-order valence-corrected chi connectivity index (χ1v) is 9.37. The molecule has 1 saturated heterocycles. The number of ketones is 1. The van der Waals surface area contributed by atoms with Gasteiger partial charge < -0.3 is 5.11 Å². The fraction of sp³-hybridized carbons (Fsp3) is 0.0833. The van der Waals surface area contributed by atoms with Crippen LogP contribution in [0.15, 0.2) is 90.5 Å². The third-order valence-electron chi connectivity index (χ3n) is 5.06. The number of amides is 1. The van der Waals surface area contributed by atoms with E-state index < -0.39 is 29.5 Å². The van der Waals surface area contributed by atoms with Crippen molar-refractivity contribution in [3.8, 4) is 0 Å². The van der Waals surface area contributed by atoms with E-state index in [2.05, 4.69) is 0 Å². The Morgan fingerprint density at radius 2 is 1.45 bits per heavy atom. The van der Waals surface area contributed by atoms with Crippen LogP contribution in [-0.2, 0) is 15.8 Å². The van der Waals surface area contributed by atoms with E-state index in [1.54, 1.807) is 60.7 Å². The van der Waals surface area contributed by atoms with E-state index in [4.69, 9.17) is 0 Å². The lowest BCUT2D eigenvalue weighted by atomic mass is 9.95. The zero-order chi connectivity index (χ0) is 22.2. The lowest BCUT2D eigenvalue weighted by Gasteiger charge is -2.26. The van der Waals surface area contributed by atoms with Gasteiger partial charge in [0.25, 0.3) is 11.7 Å². The normalized spacial score (nSPS) is 18.4. The summed E-state index contributed by atoms with van der Waals surface area (Å²) in [5.74, 6) is -2.36. The number of alkyl halides is 3. The summed E-state index contributed by atoms with van der Waals surface area (Å²) in [4.78, 5) is 26.9. The number of aliphatic hydroxyl groups is 1. The highest BCUT2D eigenvalue weighted by Gasteiger charge is 2.47. The molecule has 0 unspecified atom stereocenters. The van der Waals surface area contributed by atoms with Crippen LogP contribution < -0.4 is 4.90 Å². The maximum absolute atomic E-state index is 13.3. The number of carbonyl (C=O) groups is 2. The van der Waals surface area contributed by atoms with Crippen molar-refractivity contribution in [3.05, 3.63) is 107 Å². The number of benzene rings is 3. The van der Waals surface area contributed by atoms with Gasteiger partial charge in [-0.25, -0.2) is 0 Å². The van der Waals surface area contributed by atoms with Crippen molar-refractivity contribution in [1.82, 2.24) is 0 Å². The molecule has 3 aromatic carbocycles. The average molecular weight is 423 g/mol. The Labute approximate surface area is 175 Å². The number of nitrogens with zero attached hydrogens (tertiary/aromatic N) is 1. The second-order valence-electron chi connectivity index (χ2n) is 6.99. The largest absolute Gasteiger partial charge is 0.507 e. The fourth-order valence-electron chi connectivity index (χ4n) is 3.63.